The maximum absolute atomic E-state index is 7.17. The lowest BCUT2D eigenvalue weighted by Gasteiger charge is -2.43. The van der Waals surface area contributed by atoms with Crippen molar-refractivity contribution in [3.63, 3.8) is 0 Å². The van der Waals surface area contributed by atoms with Crippen molar-refractivity contribution >= 4 is 32.8 Å². The van der Waals surface area contributed by atoms with Crippen LogP contribution in [0.4, 0.5) is 0 Å². The third-order valence-electron chi connectivity index (χ3n) is 7.01. The highest BCUT2D eigenvalue weighted by molar-refractivity contribution is 6.99. The molecular formula is C35H48O2Si2. The molecule has 0 bridgehead atoms. The molecule has 0 aliphatic heterocycles. The minimum Gasteiger partial charge on any atom is -0.407 e. The summed E-state index contributed by atoms with van der Waals surface area (Å²) in [5.74, 6) is 0. The molecule has 0 N–H and O–H groups in total. The van der Waals surface area contributed by atoms with Gasteiger partial charge in [-0.25, -0.2) is 0 Å². The van der Waals surface area contributed by atoms with Crippen molar-refractivity contribution < 1.29 is 9.16 Å². The van der Waals surface area contributed by atoms with Crippen molar-refractivity contribution in [1.29, 1.82) is 0 Å². The van der Waals surface area contributed by atoms with Crippen molar-refractivity contribution in [3.05, 3.63) is 115 Å². The van der Waals surface area contributed by atoms with Crippen molar-refractivity contribution in [1.82, 2.24) is 0 Å². The van der Waals surface area contributed by atoms with Crippen LogP contribution in [0.15, 0.2) is 109 Å². The fraction of sp³-hybridized carbons (Fsp3) is 0.371. The van der Waals surface area contributed by atoms with Crippen LogP contribution in [0.5, 0.6) is 0 Å². The van der Waals surface area contributed by atoms with Crippen molar-refractivity contribution in [2.45, 2.75) is 70.4 Å². The summed E-state index contributed by atoms with van der Waals surface area (Å²) in [5, 5.41) is 2.59. The van der Waals surface area contributed by atoms with Gasteiger partial charge in [0.1, 0.15) is 0 Å². The zero-order chi connectivity index (χ0) is 28.4. The predicted octanol–water partition coefficient (Wildman–Crippen LogP) is 8.34. The van der Waals surface area contributed by atoms with Crippen LogP contribution in [0.1, 0.15) is 39.2 Å². The van der Waals surface area contributed by atoms with Crippen molar-refractivity contribution in [2.24, 2.45) is 0 Å². The third kappa shape index (κ3) is 9.28. The molecule has 0 amide bonds. The van der Waals surface area contributed by atoms with Gasteiger partial charge in [-0.15, -0.1) is 6.58 Å². The molecule has 0 saturated heterocycles. The highest BCUT2D eigenvalue weighted by atomic mass is 28.4. The van der Waals surface area contributed by atoms with Crippen LogP contribution in [0.2, 0.25) is 30.7 Å². The highest BCUT2D eigenvalue weighted by Crippen LogP contribution is 2.37. The maximum atomic E-state index is 7.17. The summed E-state index contributed by atoms with van der Waals surface area (Å²) in [6.45, 7) is 19.9. The lowest BCUT2D eigenvalue weighted by Crippen LogP contribution is -2.66. The summed E-state index contributed by atoms with van der Waals surface area (Å²) >= 11 is 0. The van der Waals surface area contributed by atoms with Gasteiger partial charge in [-0.2, -0.15) is 0 Å². The average Bonchev–Trinajstić information content (AvgIpc) is 2.89. The molecule has 0 aliphatic carbocycles. The Balaban J connectivity index is 1.79. The molecule has 0 spiro atoms. The summed E-state index contributed by atoms with van der Waals surface area (Å²) in [7, 11) is -3.80. The third-order valence-corrected chi connectivity index (χ3v) is 13.6. The maximum Gasteiger partial charge on any atom is 0.261 e. The largest absolute Gasteiger partial charge is 0.407 e. The minimum absolute atomic E-state index is 0.0358. The Morgan fingerprint density at radius 3 is 1.82 bits per heavy atom. The molecule has 4 heteroatoms. The predicted molar refractivity (Wildman–Crippen MR) is 175 cm³/mol. The number of hydrogen-bond acceptors (Lipinski definition) is 2. The lowest BCUT2D eigenvalue weighted by molar-refractivity contribution is 0.0562. The first kappa shape index (κ1) is 31.0. The molecule has 2 nitrogen and oxygen atoms in total. The van der Waals surface area contributed by atoms with Gasteiger partial charge in [0.2, 0.25) is 0 Å². The van der Waals surface area contributed by atoms with E-state index in [1.54, 1.807) is 0 Å². The van der Waals surface area contributed by atoms with E-state index in [1.165, 1.54) is 21.5 Å². The smallest absolute Gasteiger partial charge is 0.261 e. The molecule has 3 aromatic rings. The summed E-state index contributed by atoms with van der Waals surface area (Å²) in [4.78, 5) is 0. The van der Waals surface area contributed by atoms with Gasteiger partial charge in [-0.3, -0.25) is 0 Å². The molecule has 3 aromatic carbocycles. The second-order valence-electron chi connectivity index (χ2n) is 12.8. The molecule has 1 atom stereocenters. The Labute approximate surface area is 239 Å². The van der Waals surface area contributed by atoms with E-state index in [0.717, 1.165) is 18.9 Å². The summed E-state index contributed by atoms with van der Waals surface area (Å²) < 4.78 is 13.6. The van der Waals surface area contributed by atoms with Crippen LogP contribution in [0, 0.1) is 0 Å². The molecule has 0 aliphatic rings. The van der Waals surface area contributed by atoms with E-state index in [4.69, 9.17) is 9.16 Å². The average molecular weight is 557 g/mol. The standard InChI is InChI=1S/C35H48O2Si2/c1-30(29-38(5,6)7)28-32(36-26-17-20-31-18-11-8-12-19-31)25-27-37-39(35(2,3)4,33-21-13-9-14-22-33)34-23-15-10-16-24-34/h8-24,32H,1,25-29H2,2-7H3/b20-17+/t32-/m0/s1. The molecular weight excluding hydrogens is 509 g/mol. The van der Waals surface area contributed by atoms with E-state index >= 15 is 0 Å². The van der Waals surface area contributed by atoms with Crippen LogP contribution in [-0.2, 0) is 9.16 Å². The second-order valence-corrected chi connectivity index (χ2v) is 22.5. The van der Waals surface area contributed by atoms with E-state index in [2.05, 4.69) is 144 Å². The normalized spacial score (nSPS) is 13.5. The topological polar surface area (TPSA) is 18.5 Å². The Morgan fingerprint density at radius 1 is 0.821 bits per heavy atom. The minimum atomic E-state index is -2.56. The molecule has 0 saturated carbocycles. The SMILES string of the molecule is C=C(C[C@H](CCO[Si](c1ccccc1)(c1ccccc1)C(C)(C)C)OC/C=C/c1ccccc1)C[Si](C)(C)C. The van der Waals surface area contributed by atoms with Gasteiger partial charge in [-0.1, -0.05) is 149 Å². The summed E-state index contributed by atoms with van der Waals surface area (Å²) in [5.41, 5.74) is 2.49. The van der Waals surface area contributed by atoms with E-state index in [1.807, 2.05) is 6.07 Å². The lowest BCUT2D eigenvalue weighted by atomic mass is 10.1. The van der Waals surface area contributed by atoms with E-state index in [0.29, 0.717) is 13.2 Å². The van der Waals surface area contributed by atoms with Gasteiger partial charge in [0.15, 0.2) is 0 Å². The van der Waals surface area contributed by atoms with Gasteiger partial charge in [0.05, 0.1) is 12.7 Å². The van der Waals surface area contributed by atoms with Gasteiger partial charge in [0.25, 0.3) is 8.32 Å². The van der Waals surface area contributed by atoms with E-state index < -0.39 is 16.4 Å². The fourth-order valence-corrected chi connectivity index (χ4v) is 11.7. The van der Waals surface area contributed by atoms with Crippen LogP contribution in [0.3, 0.4) is 0 Å². The molecule has 0 unspecified atom stereocenters. The summed E-state index contributed by atoms with van der Waals surface area (Å²) in [6, 6.07) is 33.3. The molecule has 39 heavy (non-hydrogen) atoms. The number of ether oxygens (including phenoxy) is 1. The van der Waals surface area contributed by atoms with Crippen LogP contribution in [0.25, 0.3) is 6.08 Å². The first-order chi connectivity index (χ1) is 18.5. The monoisotopic (exact) mass is 556 g/mol. The van der Waals surface area contributed by atoms with Gasteiger partial charge >= 0.3 is 0 Å². The molecule has 208 valence electrons. The molecule has 3 rings (SSSR count). The van der Waals surface area contributed by atoms with Crippen LogP contribution in [-0.4, -0.2) is 35.7 Å². The number of rotatable bonds is 14. The fourth-order valence-electron chi connectivity index (χ4n) is 5.43. The first-order valence-electron chi connectivity index (χ1n) is 14.3. The molecule has 0 heterocycles. The van der Waals surface area contributed by atoms with Crippen LogP contribution < -0.4 is 10.4 Å². The second kappa shape index (κ2) is 14.2. The quantitative estimate of drug-likeness (QED) is 0.147. The van der Waals surface area contributed by atoms with E-state index in [9.17, 15) is 0 Å². The molecule has 0 fully saturated rings. The Kier molecular flexibility index (Phi) is 11.3. The zero-order valence-electron chi connectivity index (χ0n) is 25.0. The highest BCUT2D eigenvalue weighted by Gasteiger charge is 2.50. The van der Waals surface area contributed by atoms with Crippen molar-refractivity contribution in [3.8, 4) is 0 Å². The van der Waals surface area contributed by atoms with Crippen molar-refractivity contribution in [2.75, 3.05) is 13.2 Å². The molecule has 0 radical (unpaired) electrons. The number of benzene rings is 3. The van der Waals surface area contributed by atoms with Gasteiger partial charge < -0.3 is 9.16 Å². The Morgan fingerprint density at radius 2 is 1.33 bits per heavy atom. The summed E-state index contributed by atoms with van der Waals surface area (Å²) in [6.07, 6.45) is 6.05. The van der Waals surface area contributed by atoms with Crippen LogP contribution >= 0.6 is 0 Å². The molecule has 0 aromatic heterocycles. The van der Waals surface area contributed by atoms with E-state index in [-0.39, 0.29) is 11.1 Å². The first-order valence-corrected chi connectivity index (χ1v) is 19.9. The van der Waals surface area contributed by atoms with Gasteiger partial charge in [0, 0.05) is 14.7 Å². The van der Waals surface area contributed by atoms with Gasteiger partial charge in [-0.05, 0) is 39.9 Å². The Bertz CT molecular complexity index is 1120. The number of hydrogen-bond donors (Lipinski definition) is 0. The zero-order valence-corrected chi connectivity index (χ0v) is 27.0. The Hall–Kier alpha value is -2.51.